The first-order chi connectivity index (χ1) is 6.33. The molecule has 0 N–H and O–H groups in total. The summed E-state index contributed by atoms with van der Waals surface area (Å²) in [6.45, 7) is 0.688. The molecule has 0 atom stereocenters. The number of carbonyl (C=O) groups is 1. The van der Waals surface area contributed by atoms with Gasteiger partial charge in [-0.1, -0.05) is 0 Å². The van der Waals surface area contributed by atoms with Crippen LogP contribution in [0.3, 0.4) is 0 Å². The van der Waals surface area contributed by atoms with Crippen molar-refractivity contribution in [3.8, 4) is 0 Å². The summed E-state index contributed by atoms with van der Waals surface area (Å²) in [5.41, 5.74) is 2.02. The van der Waals surface area contributed by atoms with Crippen LogP contribution >= 0.6 is 0 Å². The predicted molar refractivity (Wildman–Crippen MR) is 47.7 cm³/mol. The van der Waals surface area contributed by atoms with Crippen LogP contribution in [0.2, 0.25) is 0 Å². The van der Waals surface area contributed by atoms with Crippen molar-refractivity contribution < 1.29 is 9.53 Å². The second kappa shape index (κ2) is 3.05. The topological polar surface area (TPSA) is 42.4 Å². The van der Waals surface area contributed by atoms with Gasteiger partial charge in [-0.3, -0.25) is 9.88 Å². The monoisotopic (exact) mass is 178 g/mol. The zero-order valence-corrected chi connectivity index (χ0v) is 7.36. The number of nitrogens with zero attached hydrogens (tertiary/aromatic N) is 2. The number of hydrogen-bond donors (Lipinski definition) is 0. The molecule has 1 aliphatic heterocycles. The summed E-state index contributed by atoms with van der Waals surface area (Å²) in [7, 11) is 1.39. The average molecular weight is 178 g/mol. The highest BCUT2D eigenvalue weighted by Gasteiger charge is 2.24. The third kappa shape index (κ3) is 1.24. The van der Waals surface area contributed by atoms with Crippen molar-refractivity contribution >= 4 is 11.8 Å². The Kier molecular flexibility index (Phi) is 1.88. The first-order valence-corrected chi connectivity index (χ1v) is 4.11. The molecule has 13 heavy (non-hydrogen) atoms. The molecule has 2 rings (SSSR count). The predicted octanol–water partition coefficient (Wildman–Crippen LogP) is 1.21. The van der Waals surface area contributed by atoms with Crippen molar-refractivity contribution in [1.82, 2.24) is 4.98 Å². The maximum absolute atomic E-state index is 11.3. The van der Waals surface area contributed by atoms with Gasteiger partial charge in [0, 0.05) is 12.7 Å². The first kappa shape index (κ1) is 8.04. The van der Waals surface area contributed by atoms with E-state index in [0.717, 1.165) is 17.7 Å². The lowest BCUT2D eigenvalue weighted by Gasteiger charge is -2.14. The zero-order valence-electron chi connectivity index (χ0n) is 7.36. The SMILES string of the molecule is COC(=O)N1CCc2ccncc21. The summed E-state index contributed by atoms with van der Waals surface area (Å²) < 4.78 is 4.65. The number of ether oxygens (including phenoxy) is 1. The van der Waals surface area contributed by atoms with Crippen molar-refractivity contribution in [2.45, 2.75) is 6.42 Å². The van der Waals surface area contributed by atoms with E-state index in [9.17, 15) is 4.79 Å². The van der Waals surface area contributed by atoms with Gasteiger partial charge in [0.1, 0.15) is 0 Å². The fourth-order valence-corrected chi connectivity index (χ4v) is 1.52. The second-order valence-corrected chi connectivity index (χ2v) is 2.88. The lowest BCUT2D eigenvalue weighted by molar-refractivity contribution is 0.179. The molecule has 0 radical (unpaired) electrons. The van der Waals surface area contributed by atoms with Gasteiger partial charge in [0.25, 0.3) is 0 Å². The van der Waals surface area contributed by atoms with E-state index < -0.39 is 0 Å². The quantitative estimate of drug-likeness (QED) is 0.599. The van der Waals surface area contributed by atoms with Gasteiger partial charge < -0.3 is 4.74 Å². The van der Waals surface area contributed by atoms with Gasteiger partial charge in [0.15, 0.2) is 0 Å². The van der Waals surface area contributed by atoms with Gasteiger partial charge >= 0.3 is 6.09 Å². The molecule has 1 amide bonds. The van der Waals surface area contributed by atoms with Crippen LogP contribution in [0.5, 0.6) is 0 Å². The van der Waals surface area contributed by atoms with Gasteiger partial charge in [-0.2, -0.15) is 0 Å². The summed E-state index contributed by atoms with van der Waals surface area (Å²) in [4.78, 5) is 16.8. The number of hydrogen-bond acceptors (Lipinski definition) is 3. The molecule has 2 heterocycles. The van der Waals surface area contributed by atoms with Gasteiger partial charge in [-0.25, -0.2) is 4.79 Å². The summed E-state index contributed by atoms with van der Waals surface area (Å²) in [5, 5.41) is 0. The molecule has 0 saturated heterocycles. The lowest BCUT2D eigenvalue weighted by Crippen LogP contribution is -2.28. The number of carbonyl (C=O) groups excluding carboxylic acids is 1. The molecule has 0 bridgehead atoms. The Labute approximate surface area is 76.1 Å². The number of methoxy groups -OCH3 is 1. The van der Waals surface area contributed by atoms with Crippen LogP contribution in [0.4, 0.5) is 10.5 Å². The molecule has 1 aliphatic rings. The molecule has 0 aliphatic carbocycles. The van der Waals surface area contributed by atoms with Crippen LogP contribution in [-0.2, 0) is 11.2 Å². The average Bonchev–Trinajstić information content (AvgIpc) is 2.60. The van der Waals surface area contributed by atoms with Gasteiger partial charge in [-0.15, -0.1) is 0 Å². The number of fused-ring (bicyclic) bond motifs is 1. The fraction of sp³-hybridized carbons (Fsp3) is 0.333. The summed E-state index contributed by atoms with van der Waals surface area (Å²) >= 11 is 0. The summed E-state index contributed by atoms with van der Waals surface area (Å²) in [6.07, 6.45) is 4.00. The van der Waals surface area contributed by atoms with Crippen molar-refractivity contribution in [2.75, 3.05) is 18.6 Å². The maximum atomic E-state index is 11.3. The summed E-state index contributed by atoms with van der Waals surface area (Å²) in [5.74, 6) is 0. The third-order valence-corrected chi connectivity index (χ3v) is 2.18. The van der Waals surface area contributed by atoms with E-state index in [0.29, 0.717) is 6.54 Å². The smallest absolute Gasteiger partial charge is 0.414 e. The Bertz CT molecular complexity index is 338. The van der Waals surface area contributed by atoms with Gasteiger partial charge in [-0.05, 0) is 18.1 Å². The molecule has 0 fully saturated rings. The zero-order chi connectivity index (χ0) is 9.26. The van der Waals surface area contributed by atoms with Crippen LogP contribution in [0.15, 0.2) is 18.5 Å². The van der Waals surface area contributed by atoms with E-state index in [1.807, 2.05) is 6.07 Å². The van der Waals surface area contributed by atoms with E-state index in [4.69, 9.17) is 0 Å². The van der Waals surface area contributed by atoms with Crippen LogP contribution in [-0.4, -0.2) is 24.7 Å². The molecule has 0 spiro atoms. The van der Waals surface area contributed by atoms with Gasteiger partial charge in [0.2, 0.25) is 0 Å². The van der Waals surface area contributed by atoms with Crippen LogP contribution in [0, 0.1) is 0 Å². The molecular formula is C9H10N2O2. The highest BCUT2D eigenvalue weighted by molar-refractivity contribution is 5.89. The van der Waals surface area contributed by atoms with E-state index in [-0.39, 0.29) is 6.09 Å². The molecule has 4 nitrogen and oxygen atoms in total. The van der Waals surface area contributed by atoms with E-state index >= 15 is 0 Å². The first-order valence-electron chi connectivity index (χ1n) is 4.11. The molecule has 68 valence electrons. The fourth-order valence-electron chi connectivity index (χ4n) is 1.52. The molecule has 1 aromatic heterocycles. The molecular weight excluding hydrogens is 168 g/mol. The summed E-state index contributed by atoms with van der Waals surface area (Å²) in [6, 6.07) is 1.93. The molecule has 1 aromatic rings. The van der Waals surface area contributed by atoms with Crippen LogP contribution in [0.25, 0.3) is 0 Å². The number of pyridine rings is 1. The normalized spacial score (nSPS) is 14.1. The molecule has 0 saturated carbocycles. The standard InChI is InChI=1S/C9H10N2O2/c1-13-9(12)11-5-3-7-2-4-10-6-8(7)11/h2,4,6H,3,5H2,1H3. The number of amides is 1. The minimum absolute atomic E-state index is 0.313. The Morgan fingerprint density at radius 3 is 3.31 bits per heavy atom. The van der Waals surface area contributed by atoms with Crippen molar-refractivity contribution in [1.29, 1.82) is 0 Å². The molecule has 4 heteroatoms. The van der Waals surface area contributed by atoms with E-state index in [1.54, 1.807) is 17.3 Å². The Morgan fingerprint density at radius 2 is 2.54 bits per heavy atom. The van der Waals surface area contributed by atoms with Crippen molar-refractivity contribution in [2.24, 2.45) is 0 Å². The number of anilines is 1. The highest BCUT2D eigenvalue weighted by Crippen LogP contribution is 2.26. The molecule has 0 aromatic carbocycles. The Hall–Kier alpha value is -1.58. The third-order valence-electron chi connectivity index (χ3n) is 2.18. The molecule has 0 unspecified atom stereocenters. The van der Waals surface area contributed by atoms with Crippen LogP contribution in [0.1, 0.15) is 5.56 Å². The highest BCUT2D eigenvalue weighted by atomic mass is 16.5. The van der Waals surface area contributed by atoms with Gasteiger partial charge in [0.05, 0.1) is 19.0 Å². The number of rotatable bonds is 0. The minimum Gasteiger partial charge on any atom is -0.452 e. The number of aromatic nitrogens is 1. The second-order valence-electron chi connectivity index (χ2n) is 2.88. The van der Waals surface area contributed by atoms with E-state index in [2.05, 4.69) is 9.72 Å². The van der Waals surface area contributed by atoms with Crippen molar-refractivity contribution in [3.05, 3.63) is 24.0 Å². The Balaban J connectivity index is 2.33. The Morgan fingerprint density at radius 1 is 1.69 bits per heavy atom. The van der Waals surface area contributed by atoms with Crippen LogP contribution < -0.4 is 4.90 Å². The van der Waals surface area contributed by atoms with Crippen molar-refractivity contribution in [3.63, 3.8) is 0 Å². The minimum atomic E-state index is -0.313. The lowest BCUT2D eigenvalue weighted by atomic mass is 10.2. The van der Waals surface area contributed by atoms with E-state index in [1.165, 1.54) is 7.11 Å². The maximum Gasteiger partial charge on any atom is 0.414 e. The largest absolute Gasteiger partial charge is 0.452 e.